The summed E-state index contributed by atoms with van der Waals surface area (Å²) in [6.07, 6.45) is 6.29. The van der Waals surface area contributed by atoms with Crippen LogP contribution in [-0.4, -0.2) is 34.7 Å². The topological polar surface area (TPSA) is 105 Å². The Kier molecular flexibility index (Phi) is 7.88. The number of benzene rings is 2. The lowest BCUT2D eigenvalue weighted by atomic mass is 9.99. The molecule has 214 valence electrons. The molecule has 0 saturated heterocycles. The molecule has 0 unspecified atom stereocenters. The van der Waals surface area contributed by atoms with Crippen LogP contribution in [-0.2, 0) is 0 Å². The first-order valence-electron chi connectivity index (χ1n) is 13.2. The third-order valence-corrected chi connectivity index (χ3v) is 6.78. The van der Waals surface area contributed by atoms with Crippen LogP contribution in [0.25, 0.3) is 22.0 Å². The number of carbonyl (C=O) groups excluding carboxylic acids is 1. The molecule has 0 bridgehead atoms. The third kappa shape index (κ3) is 5.64. The fourth-order valence-corrected chi connectivity index (χ4v) is 4.54. The van der Waals surface area contributed by atoms with E-state index in [1.54, 1.807) is 74.5 Å². The van der Waals surface area contributed by atoms with Crippen molar-refractivity contribution >= 4 is 22.6 Å². The molecule has 1 amide bonds. The summed E-state index contributed by atoms with van der Waals surface area (Å²) in [6.45, 7) is 5.60. The summed E-state index contributed by atoms with van der Waals surface area (Å²) in [5, 5.41) is 3.41. The lowest BCUT2D eigenvalue weighted by Crippen LogP contribution is -2.25. The predicted octanol–water partition coefficient (Wildman–Crippen LogP) is 6.55. The van der Waals surface area contributed by atoms with Gasteiger partial charge in [0.1, 0.15) is 28.7 Å². The molecule has 42 heavy (non-hydrogen) atoms. The zero-order valence-electron chi connectivity index (χ0n) is 23.8. The average molecular weight is 569 g/mol. The monoisotopic (exact) mass is 568 g/mol. The van der Waals surface area contributed by atoms with Gasteiger partial charge in [-0.2, -0.15) is 0 Å². The Balaban J connectivity index is 1.40. The molecule has 2 aromatic carbocycles. The molecular weight excluding hydrogens is 539 g/mol. The van der Waals surface area contributed by atoms with Crippen LogP contribution in [0.4, 0.5) is 10.2 Å². The molecule has 10 heteroatoms. The van der Waals surface area contributed by atoms with Gasteiger partial charge in [-0.3, -0.25) is 14.6 Å². The molecule has 9 nitrogen and oxygen atoms in total. The molecule has 3 heterocycles. The first-order valence-corrected chi connectivity index (χ1v) is 13.2. The highest BCUT2D eigenvalue weighted by molar-refractivity contribution is 6.04. The number of nitrogens with zero attached hydrogens (tertiary/aromatic N) is 3. The quantitative estimate of drug-likeness (QED) is 0.226. The number of pyridine rings is 3. The van der Waals surface area contributed by atoms with Crippen molar-refractivity contribution in [3.05, 3.63) is 100 Å². The largest absolute Gasteiger partial charge is 0.493 e. The third-order valence-electron chi connectivity index (χ3n) is 6.78. The van der Waals surface area contributed by atoms with Gasteiger partial charge in [-0.1, -0.05) is 6.07 Å². The van der Waals surface area contributed by atoms with Crippen molar-refractivity contribution in [3.8, 4) is 34.1 Å². The van der Waals surface area contributed by atoms with Crippen molar-refractivity contribution in [2.45, 2.75) is 26.8 Å². The maximum atomic E-state index is 13.7. The molecule has 3 aromatic heterocycles. The summed E-state index contributed by atoms with van der Waals surface area (Å²) in [5.41, 5.74) is 1.61. The molecule has 1 N–H and O–H groups in total. The lowest BCUT2D eigenvalue weighted by Gasteiger charge is -2.16. The Morgan fingerprint density at radius 3 is 2.36 bits per heavy atom. The SMILES string of the molecule is COc1cc2nccc(Oc3ccc(NC(=O)c4cn(C(C)C)cc(-c5ccc(F)cc5C)c4=O)nc3)c2cc1OC. The van der Waals surface area contributed by atoms with Crippen LogP contribution in [0.3, 0.4) is 0 Å². The van der Waals surface area contributed by atoms with E-state index in [2.05, 4.69) is 15.3 Å². The Hall–Kier alpha value is -5.25. The fraction of sp³-hybridized carbons (Fsp3) is 0.188. The van der Waals surface area contributed by atoms with Crippen molar-refractivity contribution in [2.24, 2.45) is 0 Å². The predicted molar refractivity (Wildman–Crippen MR) is 158 cm³/mol. The maximum absolute atomic E-state index is 13.7. The van der Waals surface area contributed by atoms with Gasteiger partial charge in [-0.05, 0) is 68.3 Å². The smallest absolute Gasteiger partial charge is 0.262 e. The number of anilines is 1. The van der Waals surface area contributed by atoms with Crippen molar-refractivity contribution in [1.29, 1.82) is 0 Å². The van der Waals surface area contributed by atoms with Gasteiger partial charge in [0, 0.05) is 41.6 Å². The second kappa shape index (κ2) is 11.7. The number of methoxy groups -OCH3 is 2. The minimum Gasteiger partial charge on any atom is -0.493 e. The summed E-state index contributed by atoms with van der Waals surface area (Å²) in [6, 6.07) is 12.7. The number of nitrogens with one attached hydrogen (secondary N) is 1. The number of aryl methyl sites for hydroxylation is 1. The first kappa shape index (κ1) is 28.3. The van der Waals surface area contributed by atoms with Crippen LogP contribution >= 0.6 is 0 Å². The van der Waals surface area contributed by atoms with E-state index in [1.807, 2.05) is 13.8 Å². The van der Waals surface area contributed by atoms with E-state index in [0.717, 1.165) is 0 Å². The highest BCUT2D eigenvalue weighted by atomic mass is 19.1. The van der Waals surface area contributed by atoms with E-state index in [-0.39, 0.29) is 17.4 Å². The van der Waals surface area contributed by atoms with Crippen LogP contribution in [0.5, 0.6) is 23.0 Å². The molecule has 5 rings (SSSR count). The number of rotatable bonds is 8. The van der Waals surface area contributed by atoms with Gasteiger partial charge in [0.15, 0.2) is 11.5 Å². The van der Waals surface area contributed by atoms with Crippen molar-refractivity contribution in [2.75, 3.05) is 19.5 Å². The van der Waals surface area contributed by atoms with Gasteiger partial charge < -0.3 is 24.1 Å². The number of halogens is 1. The number of amides is 1. The van der Waals surface area contributed by atoms with Gasteiger partial charge in [-0.25, -0.2) is 9.37 Å². The molecule has 0 aliphatic rings. The Bertz CT molecular complexity index is 1850. The summed E-state index contributed by atoms with van der Waals surface area (Å²) < 4.78 is 32.3. The van der Waals surface area contributed by atoms with Gasteiger partial charge in [0.05, 0.1) is 25.9 Å². The van der Waals surface area contributed by atoms with Crippen LogP contribution < -0.4 is 25.0 Å². The summed E-state index contributed by atoms with van der Waals surface area (Å²) in [5.74, 6) is 1.26. The van der Waals surface area contributed by atoms with Gasteiger partial charge in [0.25, 0.3) is 5.91 Å². The van der Waals surface area contributed by atoms with E-state index >= 15 is 0 Å². The number of hydrogen-bond donors (Lipinski definition) is 1. The highest BCUT2D eigenvalue weighted by Crippen LogP contribution is 2.36. The standard InChI is InChI=1S/C32H29FN4O5/c1-18(2)37-16-24(22-8-6-20(33)12-19(22)3)31(38)25(17-37)32(39)36-30-9-7-21(15-35-30)42-27-10-11-34-26-14-29(41-5)28(40-4)13-23(26)27/h6-18H,1-5H3,(H,35,36,39). The first-order chi connectivity index (χ1) is 20.2. The lowest BCUT2D eigenvalue weighted by molar-refractivity contribution is 0.102. The van der Waals surface area contributed by atoms with E-state index < -0.39 is 17.2 Å². The molecule has 0 aliphatic carbocycles. The van der Waals surface area contributed by atoms with Gasteiger partial charge in [0.2, 0.25) is 5.43 Å². The number of carbonyl (C=O) groups is 1. The molecule has 0 atom stereocenters. The zero-order valence-corrected chi connectivity index (χ0v) is 23.8. The van der Waals surface area contributed by atoms with E-state index in [1.165, 1.54) is 24.5 Å². The van der Waals surface area contributed by atoms with Crippen LogP contribution in [0, 0.1) is 12.7 Å². The average Bonchev–Trinajstić information content (AvgIpc) is 2.97. The highest BCUT2D eigenvalue weighted by Gasteiger charge is 2.19. The molecule has 0 fully saturated rings. The minimum absolute atomic E-state index is 0.0310. The van der Waals surface area contributed by atoms with Crippen LogP contribution in [0.15, 0.2) is 78.1 Å². The summed E-state index contributed by atoms with van der Waals surface area (Å²) >= 11 is 0. The summed E-state index contributed by atoms with van der Waals surface area (Å²) in [7, 11) is 3.11. The Morgan fingerprint density at radius 1 is 0.929 bits per heavy atom. The molecule has 0 saturated carbocycles. The maximum Gasteiger partial charge on any atom is 0.262 e. The molecule has 0 spiro atoms. The Labute approximate surface area is 241 Å². The number of ether oxygens (including phenoxy) is 3. The normalized spacial score (nSPS) is 11.0. The van der Waals surface area contributed by atoms with Gasteiger partial charge in [-0.15, -0.1) is 0 Å². The molecular formula is C32H29FN4O5. The minimum atomic E-state index is -0.613. The van der Waals surface area contributed by atoms with E-state index in [9.17, 15) is 14.0 Å². The van der Waals surface area contributed by atoms with Crippen LogP contribution in [0.1, 0.15) is 35.8 Å². The number of hydrogen-bond acceptors (Lipinski definition) is 7. The fourth-order valence-electron chi connectivity index (χ4n) is 4.54. The van der Waals surface area contributed by atoms with Crippen molar-refractivity contribution in [3.63, 3.8) is 0 Å². The second-order valence-corrected chi connectivity index (χ2v) is 9.88. The molecule has 0 aliphatic heterocycles. The van der Waals surface area contributed by atoms with Gasteiger partial charge >= 0.3 is 0 Å². The Morgan fingerprint density at radius 2 is 1.69 bits per heavy atom. The molecule has 5 aromatic rings. The number of fused-ring (bicyclic) bond motifs is 1. The van der Waals surface area contributed by atoms with Crippen LogP contribution in [0.2, 0.25) is 0 Å². The van der Waals surface area contributed by atoms with Crippen molar-refractivity contribution < 1.29 is 23.4 Å². The zero-order chi connectivity index (χ0) is 30.0. The number of aromatic nitrogens is 3. The van der Waals surface area contributed by atoms with E-state index in [0.29, 0.717) is 50.6 Å². The summed E-state index contributed by atoms with van der Waals surface area (Å²) in [4.78, 5) is 35.4. The van der Waals surface area contributed by atoms with E-state index in [4.69, 9.17) is 14.2 Å². The molecule has 0 radical (unpaired) electrons. The second-order valence-electron chi connectivity index (χ2n) is 9.88. The van der Waals surface area contributed by atoms with Crippen molar-refractivity contribution in [1.82, 2.24) is 14.5 Å².